The van der Waals surface area contributed by atoms with Crippen molar-refractivity contribution in [2.45, 2.75) is 26.3 Å². The zero-order valence-electron chi connectivity index (χ0n) is 11.9. The Morgan fingerprint density at radius 3 is 2.28 bits per heavy atom. The minimum atomic E-state index is 0.0804. The smallest absolute Gasteiger partial charge is 0.128 e. The second-order valence-corrected chi connectivity index (χ2v) is 6.07. The third-order valence-electron chi connectivity index (χ3n) is 3.09. The van der Waals surface area contributed by atoms with Crippen LogP contribution in [0.15, 0.2) is 18.3 Å². The van der Waals surface area contributed by atoms with Crippen molar-refractivity contribution in [1.82, 2.24) is 9.88 Å². The Morgan fingerprint density at radius 2 is 1.78 bits per heavy atom. The van der Waals surface area contributed by atoms with Crippen molar-refractivity contribution in [3.63, 3.8) is 0 Å². The van der Waals surface area contributed by atoms with E-state index in [4.69, 9.17) is 0 Å². The lowest BCUT2D eigenvalue weighted by Crippen LogP contribution is -2.44. The molecule has 0 aliphatic carbocycles. The molecule has 1 aliphatic rings. The average molecular weight is 248 g/mol. The van der Waals surface area contributed by atoms with Crippen LogP contribution < -0.4 is 10.2 Å². The van der Waals surface area contributed by atoms with Gasteiger partial charge in [-0.05, 0) is 40.0 Å². The summed E-state index contributed by atoms with van der Waals surface area (Å²) in [7, 11) is 2.17. The molecule has 1 aromatic heterocycles. The number of anilines is 2. The van der Waals surface area contributed by atoms with Crippen LogP contribution in [0.5, 0.6) is 0 Å². The Bertz CT molecular complexity index is 372. The summed E-state index contributed by atoms with van der Waals surface area (Å²) < 4.78 is 0. The number of pyridine rings is 1. The molecule has 1 N–H and O–H groups in total. The van der Waals surface area contributed by atoms with E-state index in [2.05, 4.69) is 60.1 Å². The van der Waals surface area contributed by atoms with Gasteiger partial charge in [-0.2, -0.15) is 0 Å². The van der Waals surface area contributed by atoms with Crippen molar-refractivity contribution in [3.05, 3.63) is 18.3 Å². The number of hydrogen-bond acceptors (Lipinski definition) is 4. The van der Waals surface area contributed by atoms with E-state index in [1.54, 1.807) is 0 Å². The third-order valence-corrected chi connectivity index (χ3v) is 3.09. The zero-order chi connectivity index (χ0) is 13.2. The van der Waals surface area contributed by atoms with Crippen LogP contribution in [0.25, 0.3) is 0 Å². The highest BCUT2D eigenvalue weighted by molar-refractivity contribution is 5.49. The zero-order valence-corrected chi connectivity index (χ0v) is 11.9. The fraction of sp³-hybridized carbons (Fsp3) is 0.643. The van der Waals surface area contributed by atoms with Gasteiger partial charge in [-0.15, -0.1) is 0 Å². The summed E-state index contributed by atoms with van der Waals surface area (Å²) in [4.78, 5) is 9.26. The average Bonchev–Trinajstić information content (AvgIpc) is 2.29. The molecule has 1 fully saturated rings. The maximum absolute atomic E-state index is 4.56. The van der Waals surface area contributed by atoms with Gasteiger partial charge in [-0.3, -0.25) is 0 Å². The van der Waals surface area contributed by atoms with Crippen molar-refractivity contribution < 1.29 is 0 Å². The summed E-state index contributed by atoms with van der Waals surface area (Å²) in [5.74, 6) is 1.09. The minimum Gasteiger partial charge on any atom is -0.379 e. The first-order valence-electron chi connectivity index (χ1n) is 6.62. The van der Waals surface area contributed by atoms with E-state index in [0.717, 1.165) is 37.7 Å². The standard InChI is InChI=1S/C14H24N4/c1-14(2,3)16-12-5-6-13(15-11-12)18-9-7-17(4)8-10-18/h5-6,11,16H,7-10H2,1-4H3. The van der Waals surface area contributed by atoms with Crippen LogP contribution >= 0.6 is 0 Å². The first-order valence-corrected chi connectivity index (χ1v) is 6.62. The SMILES string of the molecule is CN1CCN(c2ccc(NC(C)(C)C)cn2)CC1. The van der Waals surface area contributed by atoms with E-state index in [1.807, 2.05) is 6.20 Å². The summed E-state index contributed by atoms with van der Waals surface area (Å²) >= 11 is 0. The van der Waals surface area contributed by atoms with E-state index in [-0.39, 0.29) is 5.54 Å². The number of likely N-dealkylation sites (N-methyl/N-ethyl adjacent to an activating group) is 1. The largest absolute Gasteiger partial charge is 0.379 e. The number of nitrogens with zero attached hydrogens (tertiary/aromatic N) is 3. The minimum absolute atomic E-state index is 0.0804. The lowest BCUT2D eigenvalue weighted by Gasteiger charge is -2.33. The number of piperazine rings is 1. The van der Waals surface area contributed by atoms with Crippen molar-refractivity contribution in [2.24, 2.45) is 0 Å². The Labute approximate surface area is 110 Å². The van der Waals surface area contributed by atoms with Gasteiger partial charge in [0.1, 0.15) is 5.82 Å². The van der Waals surface area contributed by atoms with Gasteiger partial charge >= 0.3 is 0 Å². The molecule has 1 aromatic rings. The summed E-state index contributed by atoms with van der Waals surface area (Å²) in [6.07, 6.45) is 1.93. The molecule has 1 saturated heterocycles. The van der Waals surface area contributed by atoms with E-state index in [0.29, 0.717) is 0 Å². The van der Waals surface area contributed by atoms with Gasteiger partial charge in [0.15, 0.2) is 0 Å². The number of hydrogen-bond donors (Lipinski definition) is 1. The molecule has 0 atom stereocenters. The van der Waals surface area contributed by atoms with Crippen LogP contribution in [-0.4, -0.2) is 48.6 Å². The molecule has 4 nitrogen and oxygen atoms in total. The lowest BCUT2D eigenvalue weighted by atomic mass is 10.1. The molecule has 0 aromatic carbocycles. The highest BCUT2D eigenvalue weighted by Gasteiger charge is 2.15. The molecule has 0 saturated carbocycles. The van der Waals surface area contributed by atoms with Crippen LogP contribution in [-0.2, 0) is 0 Å². The number of rotatable bonds is 2. The normalized spacial score (nSPS) is 17.9. The van der Waals surface area contributed by atoms with E-state index >= 15 is 0 Å². The fourth-order valence-corrected chi connectivity index (χ4v) is 2.12. The summed E-state index contributed by atoms with van der Waals surface area (Å²) in [6.45, 7) is 10.8. The number of aromatic nitrogens is 1. The predicted octanol–water partition coefficient (Wildman–Crippen LogP) is 2.04. The van der Waals surface area contributed by atoms with Crippen LogP contribution in [0.1, 0.15) is 20.8 Å². The molecule has 0 bridgehead atoms. The van der Waals surface area contributed by atoms with Gasteiger partial charge in [-0.25, -0.2) is 4.98 Å². The van der Waals surface area contributed by atoms with Gasteiger partial charge in [0.2, 0.25) is 0 Å². The van der Waals surface area contributed by atoms with E-state index in [9.17, 15) is 0 Å². The van der Waals surface area contributed by atoms with E-state index in [1.165, 1.54) is 0 Å². The topological polar surface area (TPSA) is 31.4 Å². The Kier molecular flexibility index (Phi) is 3.76. The maximum atomic E-state index is 4.56. The maximum Gasteiger partial charge on any atom is 0.128 e. The van der Waals surface area contributed by atoms with Crippen molar-refractivity contribution in [3.8, 4) is 0 Å². The molecule has 0 amide bonds. The van der Waals surface area contributed by atoms with Gasteiger partial charge in [0.25, 0.3) is 0 Å². The van der Waals surface area contributed by atoms with Gasteiger partial charge < -0.3 is 15.1 Å². The molecule has 2 heterocycles. The van der Waals surface area contributed by atoms with Crippen molar-refractivity contribution in [1.29, 1.82) is 0 Å². The van der Waals surface area contributed by atoms with Gasteiger partial charge in [-0.1, -0.05) is 0 Å². The van der Waals surface area contributed by atoms with Gasteiger partial charge in [0, 0.05) is 31.7 Å². The molecule has 0 unspecified atom stereocenters. The fourth-order valence-electron chi connectivity index (χ4n) is 2.12. The van der Waals surface area contributed by atoms with Crippen molar-refractivity contribution >= 4 is 11.5 Å². The first kappa shape index (κ1) is 13.1. The second-order valence-electron chi connectivity index (χ2n) is 6.07. The van der Waals surface area contributed by atoms with E-state index < -0.39 is 0 Å². The summed E-state index contributed by atoms with van der Waals surface area (Å²) in [5.41, 5.74) is 1.16. The third kappa shape index (κ3) is 3.60. The molecule has 100 valence electrons. The first-order chi connectivity index (χ1) is 8.44. The monoisotopic (exact) mass is 248 g/mol. The molecule has 1 aliphatic heterocycles. The molecular weight excluding hydrogens is 224 g/mol. The highest BCUT2D eigenvalue weighted by atomic mass is 15.3. The van der Waals surface area contributed by atoms with Crippen LogP contribution in [0.4, 0.5) is 11.5 Å². The van der Waals surface area contributed by atoms with Crippen molar-refractivity contribution in [2.75, 3.05) is 43.4 Å². The van der Waals surface area contributed by atoms with Gasteiger partial charge in [0.05, 0.1) is 11.9 Å². The van der Waals surface area contributed by atoms with Crippen LogP contribution in [0.2, 0.25) is 0 Å². The molecule has 0 radical (unpaired) electrons. The highest BCUT2D eigenvalue weighted by Crippen LogP contribution is 2.18. The Hall–Kier alpha value is -1.29. The summed E-state index contributed by atoms with van der Waals surface area (Å²) in [6, 6.07) is 4.23. The second kappa shape index (κ2) is 5.14. The molecule has 0 spiro atoms. The molecule has 2 rings (SSSR count). The summed E-state index contributed by atoms with van der Waals surface area (Å²) in [5, 5.41) is 3.43. The quantitative estimate of drug-likeness (QED) is 0.868. The number of nitrogens with one attached hydrogen (secondary N) is 1. The van der Waals surface area contributed by atoms with Crippen LogP contribution in [0.3, 0.4) is 0 Å². The Balaban J connectivity index is 1.99. The molecular formula is C14H24N4. The molecule has 4 heteroatoms. The van der Waals surface area contributed by atoms with Crippen LogP contribution in [0, 0.1) is 0 Å². The predicted molar refractivity (Wildman–Crippen MR) is 77.3 cm³/mol. The Morgan fingerprint density at radius 1 is 1.11 bits per heavy atom. The molecule has 18 heavy (non-hydrogen) atoms. The lowest BCUT2D eigenvalue weighted by molar-refractivity contribution is 0.312.